The number of piperazine rings is 1. The quantitative estimate of drug-likeness (QED) is 0.751. The molecule has 0 spiro atoms. The summed E-state index contributed by atoms with van der Waals surface area (Å²) in [5, 5.41) is 0. The van der Waals surface area contributed by atoms with Gasteiger partial charge in [0, 0.05) is 39.1 Å². The van der Waals surface area contributed by atoms with Crippen LogP contribution in [0, 0.1) is 0 Å². The van der Waals surface area contributed by atoms with E-state index in [9.17, 15) is 4.79 Å². The van der Waals surface area contributed by atoms with Crippen LogP contribution in [0.5, 0.6) is 0 Å². The van der Waals surface area contributed by atoms with Crippen molar-refractivity contribution in [3.05, 3.63) is 0 Å². The van der Waals surface area contributed by atoms with Gasteiger partial charge in [0.25, 0.3) is 0 Å². The second-order valence-corrected chi connectivity index (χ2v) is 5.61. The molecule has 0 N–H and O–H groups in total. The van der Waals surface area contributed by atoms with Crippen LogP contribution in [0.2, 0.25) is 0 Å². The number of nitrogens with zero attached hydrogens (tertiary/aromatic N) is 3. The number of amides is 1. The van der Waals surface area contributed by atoms with Gasteiger partial charge in [-0.2, -0.15) is 0 Å². The summed E-state index contributed by atoms with van der Waals surface area (Å²) >= 11 is 0. The number of carbonyl (C=O) groups excluding carboxylic acids is 1. The second-order valence-electron chi connectivity index (χ2n) is 5.61. The third-order valence-corrected chi connectivity index (χ3v) is 4.37. The molecular weight excluding hydrogens is 226 g/mol. The summed E-state index contributed by atoms with van der Waals surface area (Å²) in [6.07, 6.45) is 3.88. The average molecular weight is 253 g/mol. The number of rotatable bonds is 3. The molecule has 2 heterocycles. The van der Waals surface area contributed by atoms with Crippen molar-refractivity contribution in [2.45, 2.75) is 39.2 Å². The first-order valence-electron chi connectivity index (χ1n) is 7.42. The normalized spacial score (nSPS) is 24.4. The monoisotopic (exact) mass is 253 g/mol. The van der Waals surface area contributed by atoms with Crippen molar-refractivity contribution in [3.8, 4) is 0 Å². The molecule has 0 radical (unpaired) electrons. The first-order valence-corrected chi connectivity index (χ1v) is 7.42. The van der Waals surface area contributed by atoms with E-state index in [1.54, 1.807) is 6.92 Å². The van der Waals surface area contributed by atoms with Crippen LogP contribution in [0.25, 0.3) is 0 Å². The molecule has 0 aromatic carbocycles. The van der Waals surface area contributed by atoms with Crippen molar-refractivity contribution in [3.63, 3.8) is 0 Å². The van der Waals surface area contributed by atoms with Gasteiger partial charge in [0.15, 0.2) is 0 Å². The van der Waals surface area contributed by atoms with Crippen LogP contribution < -0.4 is 0 Å². The predicted octanol–water partition coefficient (Wildman–Crippen LogP) is 1.02. The van der Waals surface area contributed by atoms with Gasteiger partial charge in [-0.3, -0.25) is 9.69 Å². The molecule has 4 nitrogen and oxygen atoms in total. The smallest absolute Gasteiger partial charge is 0.219 e. The standard InChI is InChI=1S/C14H27N3O/c1-3-6-15-7-4-14(5-8-15)17-11-9-16(10-12-17)13(2)18/h14H,3-12H2,1-2H3. The second kappa shape index (κ2) is 6.53. The Balaban J connectivity index is 1.73. The highest BCUT2D eigenvalue weighted by Crippen LogP contribution is 2.18. The highest BCUT2D eigenvalue weighted by Gasteiger charge is 2.27. The third-order valence-electron chi connectivity index (χ3n) is 4.37. The summed E-state index contributed by atoms with van der Waals surface area (Å²) in [5.41, 5.74) is 0. The van der Waals surface area contributed by atoms with E-state index in [-0.39, 0.29) is 5.91 Å². The lowest BCUT2D eigenvalue weighted by Crippen LogP contribution is -2.54. The van der Waals surface area contributed by atoms with Gasteiger partial charge in [0.05, 0.1) is 0 Å². The van der Waals surface area contributed by atoms with Crippen LogP contribution in [-0.2, 0) is 4.79 Å². The van der Waals surface area contributed by atoms with Gasteiger partial charge in [0.1, 0.15) is 0 Å². The minimum absolute atomic E-state index is 0.229. The Morgan fingerprint density at radius 1 is 1.06 bits per heavy atom. The molecule has 0 aliphatic carbocycles. The molecule has 4 heteroatoms. The third kappa shape index (κ3) is 3.45. The maximum atomic E-state index is 11.3. The predicted molar refractivity (Wildman–Crippen MR) is 73.6 cm³/mol. The van der Waals surface area contributed by atoms with E-state index in [4.69, 9.17) is 0 Å². The Morgan fingerprint density at radius 3 is 2.17 bits per heavy atom. The van der Waals surface area contributed by atoms with Crippen LogP contribution >= 0.6 is 0 Å². The van der Waals surface area contributed by atoms with Gasteiger partial charge in [-0.15, -0.1) is 0 Å². The molecule has 1 amide bonds. The van der Waals surface area contributed by atoms with Crippen LogP contribution in [-0.4, -0.2) is 72.5 Å². The van der Waals surface area contributed by atoms with E-state index in [2.05, 4.69) is 16.7 Å². The van der Waals surface area contributed by atoms with Crippen molar-refractivity contribution in [1.82, 2.24) is 14.7 Å². The molecular formula is C14H27N3O. The Kier molecular flexibility index (Phi) is 5.01. The SMILES string of the molecule is CCCN1CCC(N2CCN(C(C)=O)CC2)CC1. The van der Waals surface area contributed by atoms with Gasteiger partial charge >= 0.3 is 0 Å². The molecule has 104 valence electrons. The van der Waals surface area contributed by atoms with Crippen molar-refractivity contribution >= 4 is 5.91 Å². The fourth-order valence-corrected chi connectivity index (χ4v) is 3.23. The van der Waals surface area contributed by atoms with E-state index in [1.165, 1.54) is 38.9 Å². The lowest BCUT2D eigenvalue weighted by molar-refractivity contribution is -0.131. The first-order chi connectivity index (χ1) is 8.70. The highest BCUT2D eigenvalue weighted by atomic mass is 16.2. The number of piperidine rings is 1. The maximum Gasteiger partial charge on any atom is 0.219 e. The summed E-state index contributed by atoms with van der Waals surface area (Å²) < 4.78 is 0. The molecule has 18 heavy (non-hydrogen) atoms. The lowest BCUT2D eigenvalue weighted by Gasteiger charge is -2.42. The van der Waals surface area contributed by atoms with Crippen LogP contribution in [0.3, 0.4) is 0 Å². The lowest BCUT2D eigenvalue weighted by atomic mass is 10.0. The topological polar surface area (TPSA) is 26.8 Å². The average Bonchev–Trinajstić information content (AvgIpc) is 2.40. The molecule has 0 atom stereocenters. The molecule has 0 bridgehead atoms. The zero-order chi connectivity index (χ0) is 13.0. The van der Waals surface area contributed by atoms with Crippen LogP contribution in [0.4, 0.5) is 0 Å². The van der Waals surface area contributed by atoms with Crippen LogP contribution in [0.1, 0.15) is 33.1 Å². The fraction of sp³-hybridized carbons (Fsp3) is 0.929. The van der Waals surface area contributed by atoms with Gasteiger partial charge in [-0.1, -0.05) is 6.92 Å². The summed E-state index contributed by atoms with van der Waals surface area (Å²) in [4.78, 5) is 18.5. The molecule has 2 fully saturated rings. The first kappa shape index (κ1) is 13.8. The maximum absolute atomic E-state index is 11.3. The number of carbonyl (C=O) groups is 1. The van der Waals surface area contributed by atoms with E-state index in [0.717, 1.165) is 32.2 Å². The summed E-state index contributed by atoms with van der Waals surface area (Å²) in [7, 11) is 0. The number of hydrogen-bond donors (Lipinski definition) is 0. The summed E-state index contributed by atoms with van der Waals surface area (Å²) in [6, 6.07) is 0.757. The minimum atomic E-state index is 0.229. The summed E-state index contributed by atoms with van der Waals surface area (Å²) in [5.74, 6) is 0.229. The Labute approximate surface area is 111 Å². The minimum Gasteiger partial charge on any atom is -0.340 e. The van der Waals surface area contributed by atoms with Gasteiger partial charge in [-0.25, -0.2) is 0 Å². The zero-order valence-electron chi connectivity index (χ0n) is 11.9. The fourth-order valence-electron chi connectivity index (χ4n) is 3.23. The number of likely N-dealkylation sites (tertiary alicyclic amines) is 1. The van der Waals surface area contributed by atoms with E-state index in [0.29, 0.717) is 0 Å². The van der Waals surface area contributed by atoms with Crippen molar-refractivity contribution < 1.29 is 4.79 Å². The van der Waals surface area contributed by atoms with E-state index >= 15 is 0 Å². The largest absolute Gasteiger partial charge is 0.340 e. The molecule has 2 rings (SSSR count). The molecule has 0 aromatic rings. The van der Waals surface area contributed by atoms with Crippen molar-refractivity contribution in [1.29, 1.82) is 0 Å². The van der Waals surface area contributed by atoms with Gasteiger partial charge < -0.3 is 9.80 Å². The molecule has 0 unspecified atom stereocenters. The van der Waals surface area contributed by atoms with Gasteiger partial charge in [-0.05, 0) is 38.9 Å². The zero-order valence-corrected chi connectivity index (χ0v) is 11.9. The Morgan fingerprint density at radius 2 is 1.67 bits per heavy atom. The molecule has 2 aliphatic heterocycles. The van der Waals surface area contributed by atoms with Crippen molar-refractivity contribution in [2.24, 2.45) is 0 Å². The number of hydrogen-bond acceptors (Lipinski definition) is 3. The summed E-state index contributed by atoms with van der Waals surface area (Å²) in [6.45, 7) is 11.7. The Bertz CT molecular complexity index is 266. The van der Waals surface area contributed by atoms with Gasteiger partial charge in [0.2, 0.25) is 5.91 Å². The van der Waals surface area contributed by atoms with Crippen LogP contribution in [0.15, 0.2) is 0 Å². The van der Waals surface area contributed by atoms with E-state index < -0.39 is 0 Å². The molecule has 0 saturated carbocycles. The van der Waals surface area contributed by atoms with E-state index in [1.807, 2.05) is 4.90 Å². The Hall–Kier alpha value is -0.610. The molecule has 2 saturated heterocycles. The molecule has 0 aromatic heterocycles. The highest BCUT2D eigenvalue weighted by molar-refractivity contribution is 5.73. The van der Waals surface area contributed by atoms with Crippen molar-refractivity contribution in [2.75, 3.05) is 45.8 Å². The molecule has 2 aliphatic rings.